The van der Waals surface area contributed by atoms with Gasteiger partial charge in [0, 0.05) is 13.1 Å². The molecule has 2 N–H and O–H groups in total. The van der Waals surface area contributed by atoms with Crippen LogP contribution in [0.25, 0.3) is 0 Å². The van der Waals surface area contributed by atoms with Crippen LogP contribution in [-0.2, 0) is 6.42 Å². The van der Waals surface area contributed by atoms with E-state index in [1.807, 2.05) is 19.1 Å². The van der Waals surface area contributed by atoms with Crippen LogP contribution < -0.4 is 15.4 Å². The zero-order valence-electron chi connectivity index (χ0n) is 12.1. The number of amides is 2. The highest BCUT2D eigenvalue weighted by atomic mass is 16.5. The summed E-state index contributed by atoms with van der Waals surface area (Å²) in [5.41, 5.74) is 2.32. The average molecular weight is 264 g/mol. The second kappa shape index (κ2) is 8.40. The maximum absolute atomic E-state index is 11.5. The Hall–Kier alpha value is -1.71. The topological polar surface area (TPSA) is 50.4 Å². The lowest BCUT2D eigenvalue weighted by molar-refractivity contribution is 0.241. The maximum atomic E-state index is 11.5. The Balaban J connectivity index is 2.36. The molecular weight excluding hydrogens is 240 g/mol. The number of benzene rings is 1. The molecule has 0 saturated carbocycles. The summed E-state index contributed by atoms with van der Waals surface area (Å²) in [6.45, 7) is 5.49. The highest BCUT2D eigenvalue weighted by molar-refractivity contribution is 5.73. The van der Waals surface area contributed by atoms with Crippen molar-refractivity contribution in [3.63, 3.8) is 0 Å². The van der Waals surface area contributed by atoms with E-state index in [4.69, 9.17) is 4.74 Å². The highest BCUT2D eigenvalue weighted by Gasteiger charge is 2.04. The SMILES string of the molecule is CCCCNC(=O)NCCc1cc(C)ccc1OC. The molecule has 0 unspecified atom stereocenters. The first-order chi connectivity index (χ1) is 9.17. The summed E-state index contributed by atoms with van der Waals surface area (Å²) in [4.78, 5) is 11.5. The lowest BCUT2D eigenvalue weighted by Crippen LogP contribution is -2.37. The third kappa shape index (κ3) is 5.64. The Morgan fingerprint density at radius 3 is 2.68 bits per heavy atom. The van der Waals surface area contributed by atoms with Crippen molar-refractivity contribution < 1.29 is 9.53 Å². The number of methoxy groups -OCH3 is 1. The van der Waals surface area contributed by atoms with Gasteiger partial charge in [-0.3, -0.25) is 0 Å². The van der Waals surface area contributed by atoms with Crippen LogP contribution in [-0.4, -0.2) is 26.2 Å². The van der Waals surface area contributed by atoms with Crippen molar-refractivity contribution in [2.24, 2.45) is 0 Å². The predicted molar refractivity (Wildman–Crippen MR) is 77.7 cm³/mol. The first kappa shape index (κ1) is 15.3. The number of aryl methyl sites for hydroxylation is 1. The summed E-state index contributed by atoms with van der Waals surface area (Å²) in [5.74, 6) is 0.874. The molecule has 0 spiro atoms. The molecule has 19 heavy (non-hydrogen) atoms. The van der Waals surface area contributed by atoms with Crippen molar-refractivity contribution in [1.82, 2.24) is 10.6 Å². The lowest BCUT2D eigenvalue weighted by Gasteiger charge is -2.11. The minimum atomic E-state index is -0.0972. The predicted octanol–water partition coefficient (Wildman–Crippen LogP) is 2.65. The van der Waals surface area contributed by atoms with Crippen LogP contribution in [0.3, 0.4) is 0 Å². The number of urea groups is 1. The summed E-state index contributed by atoms with van der Waals surface area (Å²) in [6, 6.07) is 5.98. The van der Waals surface area contributed by atoms with Gasteiger partial charge in [0.2, 0.25) is 0 Å². The van der Waals surface area contributed by atoms with E-state index in [9.17, 15) is 4.79 Å². The van der Waals surface area contributed by atoms with Crippen LogP contribution in [0.15, 0.2) is 18.2 Å². The van der Waals surface area contributed by atoms with Gasteiger partial charge in [0.05, 0.1) is 7.11 Å². The number of hydrogen-bond acceptors (Lipinski definition) is 2. The molecule has 0 saturated heterocycles. The molecule has 0 heterocycles. The second-order valence-electron chi connectivity index (χ2n) is 4.60. The Kier molecular flexibility index (Phi) is 6.79. The van der Waals surface area contributed by atoms with Gasteiger partial charge in [-0.15, -0.1) is 0 Å². The van der Waals surface area contributed by atoms with Gasteiger partial charge in [0.1, 0.15) is 5.75 Å². The van der Waals surface area contributed by atoms with Crippen molar-refractivity contribution in [2.45, 2.75) is 33.1 Å². The molecule has 0 aromatic heterocycles. The van der Waals surface area contributed by atoms with Gasteiger partial charge in [-0.25, -0.2) is 4.79 Å². The average Bonchev–Trinajstić information content (AvgIpc) is 2.39. The molecule has 0 aliphatic carbocycles. The molecule has 106 valence electrons. The van der Waals surface area contributed by atoms with Gasteiger partial charge in [0.15, 0.2) is 0 Å². The van der Waals surface area contributed by atoms with Gasteiger partial charge in [-0.05, 0) is 31.4 Å². The quantitative estimate of drug-likeness (QED) is 0.744. The van der Waals surface area contributed by atoms with E-state index in [2.05, 4.69) is 23.6 Å². The van der Waals surface area contributed by atoms with Gasteiger partial charge >= 0.3 is 6.03 Å². The molecule has 0 radical (unpaired) electrons. The van der Waals surface area contributed by atoms with Gasteiger partial charge in [0.25, 0.3) is 0 Å². The minimum Gasteiger partial charge on any atom is -0.496 e. The summed E-state index contributed by atoms with van der Waals surface area (Å²) in [6.07, 6.45) is 2.87. The monoisotopic (exact) mass is 264 g/mol. The van der Waals surface area contributed by atoms with Crippen molar-refractivity contribution in [2.75, 3.05) is 20.2 Å². The van der Waals surface area contributed by atoms with Crippen LogP contribution in [0.1, 0.15) is 30.9 Å². The van der Waals surface area contributed by atoms with Gasteiger partial charge < -0.3 is 15.4 Å². The number of ether oxygens (including phenoxy) is 1. The molecule has 0 bridgehead atoms. The summed E-state index contributed by atoms with van der Waals surface area (Å²) in [7, 11) is 1.67. The normalized spacial score (nSPS) is 10.1. The summed E-state index contributed by atoms with van der Waals surface area (Å²) < 4.78 is 5.31. The number of unbranched alkanes of at least 4 members (excludes halogenated alkanes) is 1. The molecule has 1 aromatic rings. The van der Waals surface area contributed by atoms with Crippen LogP contribution in [0, 0.1) is 6.92 Å². The second-order valence-corrected chi connectivity index (χ2v) is 4.60. The number of carbonyl (C=O) groups excluding carboxylic acids is 1. The molecule has 0 fully saturated rings. The minimum absolute atomic E-state index is 0.0972. The molecule has 1 aromatic carbocycles. The number of rotatable bonds is 7. The van der Waals surface area contributed by atoms with Crippen molar-refractivity contribution in [3.05, 3.63) is 29.3 Å². The zero-order valence-corrected chi connectivity index (χ0v) is 12.1. The van der Waals surface area contributed by atoms with E-state index < -0.39 is 0 Å². The Morgan fingerprint density at radius 2 is 2.00 bits per heavy atom. The Labute approximate surface area is 115 Å². The summed E-state index contributed by atoms with van der Waals surface area (Å²) >= 11 is 0. The fraction of sp³-hybridized carbons (Fsp3) is 0.533. The van der Waals surface area contributed by atoms with Gasteiger partial charge in [-0.2, -0.15) is 0 Å². The van der Waals surface area contributed by atoms with Gasteiger partial charge in [-0.1, -0.05) is 31.0 Å². The smallest absolute Gasteiger partial charge is 0.314 e. The summed E-state index contributed by atoms with van der Waals surface area (Å²) in [5, 5.41) is 5.68. The zero-order chi connectivity index (χ0) is 14.1. The van der Waals surface area contributed by atoms with Crippen LogP contribution in [0.5, 0.6) is 5.75 Å². The fourth-order valence-electron chi connectivity index (χ4n) is 1.85. The Morgan fingerprint density at radius 1 is 1.26 bits per heavy atom. The largest absolute Gasteiger partial charge is 0.496 e. The number of nitrogens with one attached hydrogen (secondary N) is 2. The third-order valence-electron chi connectivity index (χ3n) is 2.93. The molecule has 2 amide bonds. The number of hydrogen-bond donors (Lipinski definition) is 2. The third-order valence-corrected chi connectivity index (χ3v) is 2.93. The Bertz CT molecular complexity index is 405. The molecule has 0 aliphatic rings. The molecule has 4 heteroatoms. The molecule has 4 nitrogen and oxygen atoms in total. The van der Waals surface area contributed by atoms with Crippen molar-refractivity contribution >= 4 is 6.03 Å². The van der Waals surface area contributed by atoms with E-state index in [1.54, 1.807) is 7.11 Å². The first-order valence-corrected chi connectivity index (χ1v) is 6.82. The van der Waals surface area contributed by atoms with E-state index in [0.29, 0.717) is 6.54 Å². The number of carbonyl (C=O) groups is 1. The van der Waals surface area contributed by atoms with Crippen molar-refractivity contribution in [1.29, 1.82) is 0 Å². The molecular formula is C15H24N2O2. The van der Waals surface area contributed by atoms with Crippen LogP contribution >= 0.6 is 0 Å². The highest BCUT2D eigenvalue weighted by Crippen LogP contribution is 2.19. The lowest BCUT2D eigenvalue weighted by atomic mass is 10.1. The fourth-order valence-corrected chi connectivity index (χ4v) is 1.85. The van der Waals surface area contributed by atoms with Crippen molar-refractivity contribution in [3.8, 4) is 5.75 Å². The van der Waals surface area contributed by atoms with E-state index in [-0.39, 0.29) is 6.03 Å². The van der Waals surface area contributed by atoms with Crippen LogP contribution in [0.2, 0.25) is 0 Å². The standard InChI is InChI=1S/C15H24N2O2/c1-4-5-9-16-15(18)17-10-8-13-11-12(2)6-7-14(13)19-3/h6-7,11H,4-5,8-10H2,1-3H3,(H2,16,17,18). The van der Waals surface area contributed by atoms with Crippen LogP contribution in [0.4, 0.5) is 4.79 Å². The maximum Gasteiger partial charge on any atom is 0.314 e. The molecule has 0 aliphatic heterocycles. The molecule has 0 atom stereocenters. The molecule has 1 rings (SSSR count). The first-order valence-electron chi connectivity index (χ1n) is 6.82. The van der Waals surface area contributed by atoms with E-state index >= 15 is 0 Å². The van der Waals surface area contributed by atoms with E-state index in [0.717, 1.165) is 37.1 Å². The van der Waals surface area contributed by atoms with E-state index in [1.165, 1.54) is 5.56 Å².